The first-order valence-corrected chi connectivity index (χ1v) is 5.25. The van der Waals surface area contributed by atoms with Crippen molar-refractivity contribution in [2.24, 2.45) is 0 Å². The lowest BCUT2D eigenvalue weighted by Gasteiger charge is -2.19. The Morgan fingerprint density at radius 1 is 1.24 bits per heavy atom. The maximum atomic E-state index is 11.8. The predicted octanol–water partition coefficient (Wildman–Crippen LogP) is -0.513. The van der Waals surface area contributed by atoms with Gasteiger partial charge < -0.3 is 15.5 Å². The summed E-state index contributed by atoms with van der Waals surface area (Å²) in [5.74, 6) is -2.11. The van der Waals surface area contributed by atoms with E-state index in [1.165, 1.54) is 4.90 Å². The molecular weight excluding hydrogens is 239 g/mol. The number of amides is 2. The van der Waals surface area contributed by atoms with Gasteiger partial charge in [-0.05, 0) is 13.0 Å². The minimum atomic E-state index is -4.50. The summed E-state index contributed by atoms with van der Waals surface area (Å²) in [5.41, 5.74) is 0. The number of halogens is 3. The molecule has 0 aromatic carbocycles. The quantitative estimate of drug-likeness (QED) is 0.619. The Bertz CT molecular complexity index is 286. The van der Waals surface area contributed by atoms with Crippen LogP contribution in [0.5, 0.6) is 0 Å². The van der Waals surface area contributed by atoms with Crippen molar-refractivity contribution >= 4 is 11.8 Å². The van der Waals surface area contributed by atoms with Crippen LogP contribution in [0.15, 0.2) is 0 Å². The lowest BCUT2D eigenvalue weighted by Crippen LogP contribution is -2.46. The van der Waals surface area contributed by atoms with Gasteiger partial charge in [-0.15, -0.1) is 0 Å². The van der Waals surface area contributed by atoms with Gasteiger partial charge in [0.05, 0.1) is 0 Å². The molecule has 1 aliphatic heterocycles. The summed E-state index contributed by atoms with van der Waals surface area (Å²) < 4.78 is 35.5. The monoisotopic (exact) mass is 253 g/mol. The highest BCUT2D eigenvalue weighted by Gasteiger charge is 2.30. The van der Waals surface area contributed by atoms with E-state index in [9.17, 15) is 22.8 Å². The molecule has 0 radical (unpaired) electrons. The minimum Gasteiger partial charge on any atom is -0.339 e. The summed E-state index contributed by atoms with van der Waals surface area (Å²) in [5, 5.41) is 4.59. The molecule has 2 N–H and O–H groups in total. The molecule has 0 atom stereocenters. The zero-order chi connectivity index (χ0) is 12.9. The van der Waals surface area contributed by atoms with E-state index in [1.54, 1.807) is 5.32 Å². The van der Waals surface area contributed by atoms with Crippen molar-refractivity contribution in [2.45, 2.75) is 12.6 Å². The maximum Gasteiger partial charge on any atom is 0.405 e. The van der Waals surface area contributed by atoms with Gasteiger partial charge in [0.1, 0.15) is 6.54 Å². The molecule has 1 saturated heterocycles. The molecule has 1 rings (SSSR count). The number of carbonyl (C=O) groups excluding carboxylic acids is 2. The summed E-state index contributed by atoms with van der Waals surface area (Å²) in [6.07, 6.45) is -3.82. The summed E-state index contributed by atoms with van der Waals surface area (Å²) >= 11 is 0. The molecule has 1 fully saturated rings. The van der Waals surface area contributed by atoms with E-state index < -0.39 is 24.5 Å². The van der Waals surface area contributed by atoms with Crippen LogP contribution in [-0.2, 0) is 9.59 Å². The zero-order valence-corrected chi connectivity index (χ0v) is 9.14. The van der Waals surface area contributed by atoms with Crippen LogP contribution in [0, 0.1) is 0 Å². The van der Waals surface area contributed by atoms with Gasteiger partial charge in [0.25, 0.3) is 0 Å². The number of nitrogens with one attached hydrogen (secondary N) is 2. The Hall–Kier alpha value is -1.31. The number of alkyl halides is 3. The Labute approximate surface area is 96.3 Å². The lowest BCUT2D eigenvalue weighted by atomic mass is 10.3. The Balaban J connectivity index is 2.42. The molecule has 8 heteroatoms. The molecule has 0 aromatic rings. The molecule has 1 heterocycles. The van der Waals surface area contributed by atoms with Gasteiger partial charge >= 0.3 is 18.0 Å². The van der Waals surface area contributed by atoms with Gasteiger partial charge in [0.15, 0.2) is 0 Å². The van der Waals surface area contributed by atoms with Crippen molar-refractivity contribution in [2.75, 3.05) is 32.7 Å². The fourth-order valence-corrected chi connectivity index (χ4v) is 1.45. The number of hydrogen-bond acceptors (Lipinski definition) is 3. The second-order valence-corrected chi connectivity index (χ2v) is 3.69. The van der Waals surface area contributed by atoms with Gasteiger partial charge in [-0.1, -0.05) is 0 Å². The van der Waals surface area contributed by atoms with Crippen LogP contribution in [0.3, 0.4) is 0 Å². The predicted molar refractivity (Wildman–Crippen MR) is 53.1 cm³/mol. The van der Waals surface area contributed by atoms with E-state index in [1.807, 2.05) is 0 Å². The number of nitrogens with zero attached hydrogens (tertiary/aromatic N) is 1. The highest BCUT2D eigenvalue weighted by Crippen LogP contribution is 2.12. The van der Waals surface area contributed by atoms with Crippen molar-refractivity contribution < 1.29 is 22.8 Å². The van der Waals surface area contributed by atoms with E-state index in [2.05, 4.69) is 5.32 Å². The zero-order valence-electron chi connectivity index (χ0n) is 9.14. The maximum absolute atomic E-state index is 11.8. The molecule has 0 saturated carbocycles. The number of carbonyl (C=O) groups is 2. The van der Waals surface area contributed by atoms with Gasteiger partial charge in [-0.2, -0.15) is 13.2 Å². The molecule has 2 amide bonds. The number of rotatable bonds is 1. The summed E-state index contributed by atoms with van der Waals surface area (Å²) in [6.45, 7) is 0.499. The number of hydrogen-bond donors (Lipinski definition) is 2. The van der Waals surface area contributed by atoms with E-state index in [0.29, 0.717) is 26.1 Å². The second-order valence-electron chi connectivity index (χ2n) is 3.69. The smallest absolute Gasteiger partial charge is 0.339 e. The fourth-order valence-electron chi connectivity index (χ4n) is 1.45. The molecule has 1 aliphatic rings. The molecule has 17 heavy (non-hydrogen) atoms. The van der Waals surface area contributed by atoms with Crippen molar-refractivity contribution in [1.82, 2.24) is 15.5 Å². The Morgan fingerprint density at radius 3 is 2.59 bits per heavy atom. The van der Waals surface area contributed by atoms with Crippen molar-refractivity contribution in [1.29, 1.82) is 0 Å². The molecule has 0 bridgehead atoms. The van der Waals surface area contributed by atoms with Crippen LogP contribution < -0.4 is 10.6 Å². The van der Waals surface area contributed by atoms with Crippen molar-refractivity contribution in [3.05, 3.63) is 0 Å². The van der Waals surface area contributed by atoms with Crippen molar-refractivity contribution in [3.63, 3.8) is 0 Å². The average Bonchev–Trinajstić information content (AvgIpc) is 2.52. The van der Waals surface area contributed by atoms with E-state index >= 15 is 0 Å². The van der Waals surface area contributed by atoms with Crippen LogP contribution >= 0.6 is 0 Å². The van der Waals surface area contributed by atoms with Gasteiger partial charge in [0.2, 0.25) is 0 Å². The molecule has 0 aliphatic carbocycles. The fraction of sp³-hybridized carbons (Fsp3) is 0.778. The second kappa shape index (κ2) is 5.85. The average molecular weight is 253 g/mol. The highest BCUT2D eigenvalue weighted by atomic mass is 19.4. The van der Waals surface area contributed by atoms with E-state index in [-0.39, 0.29) is 0 Å². The molecule has 98 valence electrons. The van der Waals surface area contributed by atoms with Crippen LogP contribution in [0.25, 0.3) is 0 Å². The highest BCUT2D eigenvalue weighted by molar-refractivity contribution is 6.35. The molecule has 0 aromatic heterocycles. The third-order valence-corrected chi connectivity index (χ3v) is 2.27. The van der Waals surface area contributed by atoms with Gasteiger partial charge in [0, 0.05) is 19.6 Å². The molecule has 0 unspecified atom stereocenters. The molecule has 0 spiro atoms. The topological polar surface area (TPSA) is 61.4 Å². The van der Waals surface area contributed by atoms with Crippen LogP contribution in [0.4, 0.5) is 13.2 Å². The standard InChI is InChI=1S/C9H14F3N3O2/c10-9(11,12)6-14-7(16)8(17)15-4-1-2-13-3-5-15/h13H,1-6H2,(H,14,16). The van der Waals surface area contributed by atoms with E-state index in [4.69, 9.17) is 0 Å². The van der Waals surface area contributed by atoms with E-state index in [0.717, 1.165) is 6.54 Å². The van der Waals surface area contributed by atoms with Crippen LogP contribution in [0.2, 0.25) is 0 Å². The first-order valence-electron chi connectivity index (χ1n) is 5.25. The molecule has 5 nitrogen and oxygen atoms in total. The van der Waals surface area contributed by atoms with Crippen LogP contribution in [0.1, 0.15) is 6.42 Å². The lowest BCUT2D eigenvalue weighted by molar-refractivity contribution is -0.151. The third kappa shape index (κ3) is 5.03. The summed E-state index contributed by atoms with van der Waals surface area (Å²) in [4.78, 5) is 23.9. The first-order chi connectivity index (χ1) is 7.90. The Morgan fingerprint density at radius 2 is 1.94 bits per heavy atom. The minimum absolute atomic E-state index is 0.332. The summed E-state index contributed by atoms with van der Waals surface area (Å²) in [7, 11) is 0. The first kappa shape index (κ1) is 13.8. The summed E-state index contributed by atoms with van der Waals surface area (Å²) in [6, 6.07) is 0. The van der Waals surface area contributed by atoms with Gasteiger partial charge in [-0.3, -0.25) is 9.59 Å². The largest absolute Gasteiger partial charge is 0.405 e. The normalized spacial score (nSPS) is 17.5. The molecular formula is C9H14F3N3O2. The van der Waals surface area contributed by atoms with Crippen LogP contribution in [-0.4, -0.2) is 55.6 Å². The van der Waals surface area contributed by atoms with Gasteiger partial charge in [-0.25, -0.2) is 0 Å². The SMILES string of the molecule is O=C(NCC(F)(F)F)C(=O)N1CCCNCC1. The third-order valence-electron chi connectivity index (χ3n) is 2.27. The van der Waals surface area contributed by atoms with Crippen molar-refractivity contribution in [3.8, 4) is 0 Å². The Kier molecular flexibility index (Phi) is 4.73.